The van der Waals surface area contributed by atoms with Crippen molar-refractivity contribution in [2.24, 2.45) is 11.8 Å². The summed E-state index contributed by atoms with van der Waals surface area (Å²) in [6, 6.07) is 5.72. The molecule has 18 heavy (non-hydrogen) atoms. The maximum absolute atomic E-state index is 10.7. The highest BCUT2D eigenvalue weighted by Crippen LogP contribution is 2.45. The third kappa shape index (κ3) is 2.11. The molecule has 2 fully saturated rings. The van der Waals surface area contributed by atoms with Gasteiger partial charge in [0, 0.05) is 17.8 Å². The first-order chi connectivity index (χ1) is 8.63. The number of rotatable bonds is 3. The fourth-order valence-electron chi connectivity index (χ4n) is 3.38. The number of anilines is 1. The summed E-state index contributed by atoms with van der Waals surface area (Å²) in [6.45, 7) is 0. The molecule has 0 heterocycles. The molecule has 3 atom stereocenters. The quantitative estimate of drug-likeness (QED) is 0.679. The molecule has 2 aliphatic rings. The van der Waals surface area contributed by atoms with Crippen LogP contribution in [-0.2, 0) is 0 Å². The van der Waals surface area contributed by atoms with Crippen molar-refractivity contribution in [2.45, 2.75) is 31.7 Å². The van der Waals surface area contributed by atoms with Crippen molar-refractivity contribution >= 4 is 27.3 Å². The Labute approximate surface area is 114 Å². The van der Waals surface area contributed by atoms with Gasteiger partial charge in [-0.1, -0.05) is 6.42 Å². The van der Waals surface area contributed by atoms with Crippen LogP contribution < -0.4 is 5.32 Å². The lowest BCUT2D eigenvalue weighted by Crippen LogP contribution is -2.25. The van der Waals surface area contributed by atoms with Crippen molar-refractivity contribution in [3.63, 3.8) is 0 Å². The normalized spacial score (nSPS) is 29.5. The van der Waals surface area contributed by atoms with Crippen molar-refractivity contribution in [2.75, 3.05) is 5.32 Å². The Kier molecular flexibility index (Phi) is 3.01. The van der Waals surface area contributed by atoms with Crippen LogP contribution in [0, 0.1) is 22.0 Å². The summed E-state index contributed by atoms with van der Waals surface area (Å²) in [5.74, 6) is 1.69. The molecular formula is C13H15BrN2O2. The van der Waals surface area contributed by atoms with Crippen LogP contribution in [0.1, 0.15) is 25.7 Å². The zero-order valence-corrected chi connectivity index (χ0v) is 11.5. The molecule has 2 aliphatic carbocycles. The van der Waals surface area contributed by atoms with Gasteiger partial charge in [0.1, 0.15) is 0 Å². The Morgan fingerprint density at radius 3 is 2.72 bits per heavy atom. The summed E-state index contributed by atoms with van der Waals surface area (Å²) in [4.78, 5) is 10.4. The number of nitrogens with zero attached hydrogens (tertiary/aromatic N) is 1. The summed E-state index contributed by atoms with van der Waals surface area (Å²) < 4.78 is 0.542. The molecular weight excluding hydrogens is 296 g/mol. The Balaban J connectivity index is 1.74. The fraction of sp³-hybridized carbons (Fsp3) is 0.538. The smallest absolute Gasteiger partial charge is 0.283 e. The van der Waals surface area contributed by atoms with E-state index in [4.69, 9.17) is 0 Å². The number of halogens is 1. The second-order valence-corrected chi connectivity index (χ2v) is 6.20. The molecule has 5 heteroatoms. The summed E-state index contributed by atoms with van der Waals surface area (Å²) in [5.41, 5.74) is 1.10. The zero-order valence-electron chi connectivity index (χ0n) is 9.93. The van der Waals surface area contributed by atoms with Crippen LogP contribution in [0.15, 0.2) is 22.7 Å². The van der Waals surface area contributed by atoms with Crippen molar-refractivity contribution in [1.29, 1.82) is 0 Å². The van der Waals surface area contributed by atoms with E-state index in [1.807, 2.05) is 6.07 Å². The molecule has 2 saturated carbocycles. The lowest BCUT2D eigenvalue weighted by molar-refractivity contribution is -0.385. The topological polar surface area (TPSA) is 55.2 Å². The standard InChI is InChI=1S/C13H15BrN2O2/c14-11-7-10(3-4-13(11)16(17)18)15-12-6-8-1-2-9(12)5-8/h3-4,7-9,12,15H,1-2,5-6H2. The first-order valence-corrected chi connectivity index (χ1v) is 7.13. The minimum Gasteiger partial charge on any atom is -0.382 e. The number of hydrogen-bond acceptors (Lipinski definition) is 3. The Hall–Kier alpha value is -1.10. The molecule has 1 aromatic carbocycles. The highest BCUT2D eigenvalue weighted by atomic mass is 79.9. The Morgan fingerprint density at radius 1 is 1.33 bits per heavy atom. The molecule has 1 aromatic rings. The van der Waals surface area contributed by atoms with Gasteiger partial charge in [0.2, 0.25) is 0 Å². The molecule has 0 saturated heterocycles. The lowest BCUT2D eigenvalue weighted by atomic mass is 9.95. The van der Waals surface area contributed by atoms with Gasteiger partial charge in [-0.3, -0.25) is 10.1 Å². The van der Waals surface area contributed by atoms with E-state index in [0.29, 0.717) is 10.5 Å². The number of nitrogens with one attached hydrogen (secondary N) is 1. The van der Waals surface area contributed by atoms with E-state index in [2.05, 4.69) is 21.2 Å². The first-order valence-electron chi connectivity index (χ1n) is 6.34. The summed E-state index contributed by atoms with van der Waals surface area (Å²) in [6.07, 6.45) is 5.31. The monoisotopic (exact) mass is 310 g/mol. The van der Waals surface area contributed by atoms with E-state index in [-0.39, 0.29) is 10.6 Å². The van der Waals surface area contributed by atoms with E-state index >= 15 is 0 Å². The van der Waals surface area contributed by atoms with Gasteiger partial charge in [0.05, 0.1) is 9.40 Å². The molecule has 96 valence electrons. The van der Waals surface area contributed by atoms with Gasteiger partial charge in [0.15, 0.2) is 0 Å². The SMILES string of the molecule is O=[N+]([O-])c1ccc(NC2CC3CCC2C3)cc1Br. The summed E-state index contributed by atoms with van der Waals surface area (Å²) in [5, 5.41) is 14.3. The van der Waals surface area contributed by atoms with Crippen LogP contribution in [0.2, 0.25) is 0 Å². The molecule has 0 spiro atoms. The molecule has 4 nitrogen and oxygen atoms in total. The summed E-state index contributed by atoms with van der Waals surface area (Å²) in [7, 11) is 0. The average molecular weight is 311 g/mol. The van der Waals surface area contributed by atoms with Crippen molar-refractivity contribution < 1.29 is 4.92 Å². The maximum atomic E-state index is 10.7. The van der Waals surface area contributed by atoms with E-state index in [9.17, 15) is 10.1 Å². The highest BCUT2D eigenvalue weighted by Gasteiger charge is 2.39. The van der Waals surface area contributed by atoms with E-state index in [1.54, 1.807) is 12.1 Å². The number of nitro benzene ring substituents is 1. The second-order valence-electron chi connectivity index (χ2n) is 5.35. The Bertz CT molecular complexity index is 492. The van der Waals surface area contributed by atoms with Gasteiger partial charge in [-0.05, 0) is 59.2 Å². The van der Waals surface area contributed by atoms with Gasteiger partial charge in [-0.2, -0.15) is 0 Å². The van der Waals surface area contributed by atoms with Gasteiger partial charge < -0.3 is 5.32 Å². The predicted molar refractivity (Wildman–Crippen MR) is 73.7 cm³/mol. The minimum atomic E-state index is -0.370. The van der Waals surface area contributed by atoms with Crippen LogP contribution in [-0.4, -0.2) is 11.0 Å². The molecule has 3 rings (SSSR count). The number of fused-ring (bicyclic) bond motifs is 2. The molecule has 2 bridgehead atoms. The molecule has 0 amide bonds. The summed E-state index contributed by atoms with van der Waals surface area (Å²) >= 11 is 3.26. The van der Waals surface area contributed by atoms with Crippen LogP contribution in [0.5, 0.6) is 0 Å². The third-order valence-electron chi connectivity index (χ3n) is 4.23. The molecule has 0 aromatic heterocycles. The maximum Gasteiger partial charge on any atom is 0.283 e. The van der Waals surface area contributed by atoms with E-state index < -0.39 is 0 Å². The first kappa shape index (κ1) is 12.0. The van der Waals surface area contributed by atoms with Crippen molar-refractivity contribution in [3.8, 4) is 0 Å². The number of nitro groups is 1. The van der Waals surface area contributed by atoms with Crippen LogP contribution in [0.4, 0.5) is 11.4 Å². The largest absolute Gasteiger partial charge is 0.382 e. The van der Waals surface area contributed by atoms with Crippen molar-refractivity contribution in [1.82, 2.24) is 0 Å². The van der Waals surface area contributed by atoms with Gasteiger partial charge in [0.25, 0.3) is 5.69 Å². The third-order valence-corrected chi connectivity index (χ3v) is 4.87. The average Bonchev–Trinajstić information content (AvgIpc) is 2.90. The van der Waals surface area contributed by atoms with Crippen LogP contribution in [0.3, 0.4) is 0 Å². The van der Waals surface area contributed by atoms with Crippen LogP contribution >= 0.6 is 15.9 Å². The Morgan fingerprint density at radius 2 is 2.17 bits per heavy atom. The minimum absolute atomic E-state index is 0.119. The van der Waals surface area contributed by atoms with Gasteiger partial charge in [-0.25, -0.2) is 0 Å². The number of benzene rings is 1. The second kappa shape index (κ2) is 4.53. The molecule has 0 aliphatic heterocycles. The molecule has 0 radical (unpaired) electrons. The lowest BCUT2D eigenvalue weighted by Gasteiger charge is -2.24. The predicted octanol–water partition coefficient (Wildman–Crippen LogP) is 3.96. The van der Waals surface area contributed by atoms with Crippen molar-refractivity contribution in [3.05, 3.63) is 32.8 Å². The fourth-order valence-corrected chi connectivity index (χ4v) is 3.90. The van der Waals surface area contributed by atoms with E-state index in [1.165, 1.54) is 25.7 Å². The number of hydrogen-bond donors (Lipinski definition) is 1. The molecule has 3 unspecified atom stereocenters. The molecule has 1 N–H and O–H groups in total. The van der Waals surface area contributed by atoms with Crippen LogP contribution in [0.25, 0.3) is 0 Å². The van der Waals surface area contributed by atoms with Gasteiger partial charge in [-0.15, -0.1) is 0 Å². The highest BCUT2D eigenvalue weighted by molar-refractivity contribution is 9.10. The van der Waals surface area contributed by atoms with Gasteiger partial charge >= 0.3 is 0 Å². The van der Waals surface area contributed by atoms with E-state index in [0.717, 1.165) is 17.5 Å². The zero-order chi connectivity index (χ0) is 12.7.